The van der Waals surface area contributed by atoms with Gasteiger partial charge in [0.05, 0.1) is 38.1 Å². The standard InChI is InChI=1S/C22H29F2N5O2/c1-30-20-8-15(11-26-21(20)25)18-9-19(29(27-18)16-2-5-22(23,24)10-16)14-3-6-28(7-4-14)17-12-31-13-17/h8-9,11,14,16-17H,2-7,10,12-13H2,1H3,(H2,25,26). The molecule has 1 atom stereocenters. The van der Waals surface area contributed by atoms with Gasteiger partial charge in [-0.1, -0.05) is 0 Å². The van der Waals surface area contributed by atoms with Crippen molar-refractivity contribution in [2.24, 2.45) is 0 Å². The van der Waals surface area contributed by atoms with E-state index in [1.807, 2.05) is 4.68 Å². The fourth-order valence-electron chi connectivity index (χ4n) is 5.04. The van der Waals surface area contributed by atoms with E-state index in [1.165, 1.54) is 0 Å². The fourth-order valence-corrected chi connectivity index (χ4v) is 5.04. The van der Waals surface area contributed by atoms with E-state index < -0.39 is 5.92 Å². The van der Waals surface area contributed by atoms with Gasteiger partial charge in [-0.25, -0.2) is 13.8 Å². The average Bonchev–Trinajstić information content (AvgIpc) is 3.31. The zero-order valence-corrected chi connectivity index (χ0v) is 17.8. The fraction of sp³-hybridized carbons (Fsp3) is 0.636. The maximum Gasteiger partial charge on any atom is 0.250 e. The zero-order valence-electron chi connectivity index (χ0n) is 17.8. The lowest BCUT2D eigenvalue weighted by atomic mass is 9.91. The summed E-state index contributed by atoms with van der Waals surface area (Å²) in [6, 6.07) is 4.11. The molecule has 0 aromatic carbocycles. The van der Waals surface area contributed by atoms with Crippen molar-refractivity contribution in [3.05, 3.63) is 24.0 Å². The first-order chi connectivity index (χ1) is 14.9. The van der Waals surface area contributed by atoms with E-state index in [2.05, 4.69) is 16.0 Å². The summed E-state index contributed by atoms with van der Waals surface area (Å²) in [5.41, 5.74) is 8.41. The van der Waals surface area contributed by atoms with Crippen LogP contribution >= 0.6 is 0 Å². The summed E-state index contributed by atoms with van der Waals surface area (Å²) < 4.78 is 40.5. The molecular weight excluding hydrogens is 404 g/mol. The van der Waals surface area contributed by atoms with E-state index >= 15 is 0 Å². The summed E-state index contributed by atoms with van der Waals surface area (Å²) in [5, 5.41) is 4.80. The van der Waals surface area contributed by atoms with E-state index in [1.54, 1.807) is 19.4 Å². The maximum absolute atomic E-state index is 14.0. The molecule has 2 aliphatic heterocycles. The summed E-state index contributed by atoms with van der Waals surface area (Å²) >= 11 is 0. The molecule has 0 amide bonds. The Morgan fingerprint density at radius 2 is 1.94 bits per heavy atom. The molecule has 2 N–H and O–H groups in total. The van der Waals surface area contributed by atoms with Crippen molar-refractivity contribution in [1.82, 2.24) is 19.7 Å². The Hall–Kier alpha value is -2.26. The highest BCUT2D eigenvalue weighted by atomic mass is 19.3. The molecule has 7 nitrogen and oxygen atoms in total. The minimum Gasteiger partial charge on any atom is -0.493 e. The van der Waals surface area contributed by atoms with Gasteiger partial charge in [0.2, 0.25) is 5.92 Å². The number of halogens is 2. The number of likely N-dealkylation sites (tertiary alicyclic amines) is 1. The number of anilines is 1. The molecule has 5 rings (SSSR count). The van der Waals surface area contributed by atoms with Gasteiger partial charge < -0.3 is 15.2 Å². The number of methoxy groups -OCH3 is 1. The monoisotopic (exact) mass is 433 g/mol. The maximum atomic E-state index is 14.0. The molecule has 3 fully saturated rings. The van der Waals surface area contributed by atoms with Gasteiger partial charge in [-0.2, -0.15) is 5.10 Å². The van der Waals surface area contributed by atoms with Crippen molar-refractivity contribution in [2.75, 3.05) is 39.1 Å². The Balaban J connectivity index is 1.44. The normalized spacial score (nSPS) is 24.9. The van der Waals surface area contributed by atoms with E-state index in [0.29, 0.717) is 29.9 Å². The van der Waals surface area contributed by atoms with Gasteiger partial charge in [0, 0.05) is 36.2 Å². The summed E-state index contributed by atoms with van der Waals surface area (Å²) in [6.07, 6.45) is 3.87. The highest BCUT2D eigenvalue weighted by Gasteiger charge is 2.42. The first-order valence-corrected chi connectivity index (χ1v) is 11.0. The van der Waals surface area contributed by atoms with Gasteiger partial charge in [-0.15, -0.1) is 0 Å². The lowest BCUT2D eigenvalue weighted by Gasteiger charge is -2.41. The second-order valence-corrected chi connectivity index (χ2v) is 8.96. The van der Waals surface area contributed by atoms with Crippen LogP contribution in [0.15, 0.2) is 18.3 Å². The van der Waals surface area contributed by atoms with E-state index in [-0.39, 0.29) is 18.9 Å². The van der Waals surface area contributed by atoms with Crippen molar-refractivity contribution in [3.8, 4) is 17.0 Å². The number of rotatable bonds is 5. The Kier molecular flexibility index (Phi) is 5.34. The largest absolute Gasteiger partial charge is 0.493 e. The molecule has 1 unspecified atom stereocenters. The lowest BCUT2D eigenvalue weighted by molar-refractivity contribution is -0.0714. The summed E-state index contributed by atoms with van der Waals surface area (Å²) in [6.45, 7) is 3.63. The SMILES string of the molecule is COc1cc(-c2cc(C3CCN(C4COC4)CC3)n(C3CCC(F)(F)C3)n2)cnc1N. The minimum atomic E-state index is -2.62. The third-order valence-corrected chi connectivity index (χ3v) is 6.97. The van der Waals surface area contributed by atoms with Crippen LogP contribution in [0.3, 0.4) is 0 Å². The molecule has 9 heteroatoms. The van der Waals surface area contributed by atoms with Crippen LogP contribution in [0.1, 0.15) is 49.8 Å². The number of alkyl halides is 2. The summed E-state index contributed by atoms with van der Waals surface area (Å²) in [4.78, 5) is 6.69. The molecule has 0 bridgehead atoms. The topological polar surface area (TPSA) is 78.4 Å². The summed E-state index contributed by atoms with van der Waals surface area (Å²) in [7, 11) is 1.54. The molecule has 3 aliphatic rings. The number of piperidine rings is 1. The number of ether oxygens (including phenoxy) is 2. The molecule has 0 spiro atoms. The second-order valence-electron chi connectivity index (χ2n) is 8.96. The number of nitrogens with zero attached hydrogens (tertiary/aromatic N) is 4. The quantitative estimate of drug-likeness (QED) is 0.778. The molecule has 1 aliphatic carbocycles. The first-order valence-electron chi connectivity index (χ1n) is 11.0. The van der Waals surface area contributed by atoms with Crippen LogP contribution in [-0.4, -0.2) is 65.0 Å². The lowest BCUT2D eigenvalue weighted by Crippen LogP contribution is -2.51. The number of aromatic nitrogens is 3. The third kappa shape index (κ3) is 4.01. The van der Waals surface area contributed by atoms with E-state index in [0.717, 1.165) is 56.1 Å². The highest BCUT2D eigenvalue weighted by molar-refractivity contribution is 5.64. The van der Waals surface area contributed by atoms with Gasteiger partial charge in [0.15, 0.2) is 11.6 Å². The van der Waals surface area contributed by atoms with Crippen LogP contribution in [0.4, 0.5) is 14.6 Å². The first kappa shape index (κ1) is 20.6. The number of pyridine rings is 1. The van der Waals surface area contributed by atoms with Gasteiger partial charge in [-0.05, 0) is 44.5 Å². The van der Waals surface area contributed by atoms with Crippen molar-refractivity contribution in [3.63, 3.8) is 0 Å². The predicted octanol–water partition coefficient (Wildman–Crippen LogP) is 3.47. The van der Waals surface area contributed by atoms with Gasteiger partial charge in [0.1, 0.15) is 0 Å². The van der Waals surface area contributed by atoms with Crippen LogP contribution < -0.4 is 10.5 Å². The highest BCUT2D eigenvalue weighted by Crippen LogP contribution is 2.44. The van der Waals surface area contributed by atoms with Crippen LogP contribution in [0, 0.1) is 0 Å². The molecule has 4 heterocycles. The molecule has 1 saturated carbocycles. The van der Waals surface area contributed by atoms with Gasteiger partial charge in [0.25, 0.3) is 0 Å². The Morgan fingerprint density at radius 1 is 1.16 bits per heavy atom. The molecule has 31 heavy (non-hydrogen) atoms. The predicted molar refractivity (Wildman–Crippen MR) is 112 cm³/mol. The van der Waals surface area contributed by atoms with Crippen LogP contribution in [-0.2, 0) is 4.74 Å². The van der Waals surface area contributed by atoms with Crippen LogP contribution in [0.25, 0.3) is 11.3 Å². The molecular formula is C22H29F2N5O2. The van der Waals surface area contributed by atoms with Crippen molar-refractivity contribution in [1.29, 1.82) is 0 Å². The van der Waals surface area contributed by atoms with Gasteiger partial charge in [-0.3, -0.25) is 9.58 Å². The molecule has 2 saturated heterocycles. The molecule has 168 valence electrons. The van der Waals surface area contributed by atoms with E-state index in [4.69, 9.17) is 20.3 Å². The second kappa shape index (κ2) is 8.02. The number of hydrogen-bond acceptors (Lipinski definition) is 6. The summed E-state index contributed by atoms with van der Waals surface area (Å²) in [5.74, 6) is -1.52. The van der Waals surface area contributed by atoms with Crippen LogP contribution in [0.5, 0.6) is 5.75 Å². The Morgan fingerprint density at radius 3 is 2.55 bits per heavy atom. The van der Waals surface area contributed by atoms with Gasteiger partial charge >= 0.3 is 0 Å². The number of nitrogens with two attached hydrogens (primary N) is 1. The van der Waals surface area contributed by atoms with Crippen molar-refractivity contribution >= 4 is 5.82 Å². The van der Waals surface area contributed by atoms with Crippen LogP contribution in [0.2, 0.25) is 0 Å². The van der Waals surface area contributed by atoms with Crippen molar-refractivity contribution in [2.45, 2.75) is 56.0 Å². The Labute approximate surface area is 180 Å². The minimum absolute atomic E-state index is 0.0797. The number of hydrogen-bond donors (Lipinski definition) is 1. The molecule has 2 aromatic heterocycles. The average molecular weight is 434 g/mol. The zero-order chi connectivity index (χ0) is 21.6. The molecule has 2 aromatic rings. The number of nitrogen functional groups attached to an aromatic ring is 1. The van der Waals surface area contributed by atoms with E-state index in [9.17, 15) is 8.78 Å². The third-order valence-electron chi connectivity index (χ3n) is 6.97. The Bertz CT molecular complexity index is 938. The molecule has 0 radical (unpaired) electrons. The smallest absolute Gasteiger partial charge is 0.250 e. The van der Waals surface area contributed by atoms with Crippen molar-refractivity contribution < 1.29 is 18.3 Å².